The highest BCUT2D eigenvalue weighted by atomic mass is 127. The first kappa shape index (κ1) is 15.5. The van der Waals surface area contributed by atoms with E-state index in [2.05, 4.69) is 90.3 Å². The molecule has 1 unspecified atom stereocenters. The van der Waals surface area contributed by atoms with E-state index in [1.165, 1.54) is 9.13 Å². The van der Waals surface area contributed by atoms with E-state index in [1.807, 2.05) is 4.68 Å². The van der Waals surface area contributed by atoms with Crippen molar-refractivity contribution in [3.63, 3.8) is 0 Å². The first-order chi connectivity index (χ1) is 9.61. The third-order valence-electron chi connectivity index (χ3n) is 3.34. The van der Waals surface area contributed by atoms with Gasteiger partial charge >= 0.3 is 0 Å². The Hall–Kier alpha value is -0.880. The number of benzene rings is 1. The van der Waals surface area contributed by atoms with Crippen LogP contribution in [0.5, 0.6) is 0 Å². The zero-order valence-corrected chi connectivity index (χ0v) is 14.5. The zero-order valence-electron chi connectivity index (χ0n) is 12.3. The van der Waals surface area contributed by atoms with Crippen LogP contribution in [0.25, 0.3) is 0 Å². The number of nitrogens with one attached hydrogen (secondary N) is 1. The third kappa shape index (κ3) is 3.82. The summed E-state index contributed by atoms with van der Waals surface area (Å²) < 4.78 is 3.33. The fourth-order valence-electron chi connectivity index (χ4n) is 2.28. The molecule has 108 valence electrons. The van der Waals surface area contributed by atoms with Crippen LogP contribution < -0.4 is 5.32 Å². The van der Waals surface area contributed by atoms with E-state index in [4.69, 9.17) is 0 Å². The lowest BCUT2D eigenvalue weighted by molar-refractivity contribution is 0.506. The summed E-state index contributed by atoms with van der Waals surface area (Å²) in [4.78, 5) is 0. The van der Waals surface area contributed by atoms with Crippen molar-refractivity contribution in [3.05, 3.63) is 51.4 Å². The van der Waals surface area contributed by atoms with E-state index in [0.29, 0.717) is 12.1 Å². The number of hydrogen-bond donors (Lipinski definition) is 1. The van der Waals surface area contributed by atoms with Gasteiger partial charge in [-0.2, -0.15) is 5.10 Å². The maximum atomic E-state index is 4.66. The summed E-state index contributed by atoms with van der Waals surface area (Å²) in [6.45, 7) is 7.41. The summed E-state index contributed by atoms with van der Waals surface area (Å²) in [6, 6.07) is 11.4. The van der Waals surface area contributed by atoms with Crippen LogP contribution >= 0.6 is 22.6 Å². The number of rotatable bonds is 6. The lowest BCUT2D eigenvalue weighted by Gasteiger charge is -2.19. The average Bonchev–Trinajstić information content (AvgIpc) is 2.88. The summed E-state index contributed by atoms with van der Waals surface area (Å²) in [5.74, 6) is 0. The molecule has 0 aliphatic carbocycles. The van der Waals surface area contributed by atoms with Crippen molar-refractivity contribution < 1.29 is 0 Å². The van der Waals surface area contributed by atoms with E-state index in [1.54, 1.807) is 0 Å². The third-order valence-corrected chi connectivity index (χ3v) is 4.32. The van der Waals surface area contributed by atoms with Gasteiger partial charge in [-0.25, -0.2) is 0 Å². The standard InChI is InChI=1S/C16H22IN3/c1-4-18-16(14-7-5-6-8-15(14)17)11-13-9-10-20(19-13)12(2)3/h5-10,12,16,18H,4,11H2,1-3H3. The van der Waals surface area contributed by atoms with Gasteiger partial charge in [0.05, 0.1) is 5.69 Å². The SMILES string of the molecule is CCNC(Cc1ccn(C(C)C)n1)c1ccccc1I. The number of aromatic nitrogens is 2. The monoisotopic (exact) mass is 383 g/mol. The second kappa shape index (κ2) is 7.22. The Morgan fingerprint density at radius 2 is 2.00 bits per heavy atom. The van der Waals surface area contributed by atoms with Crippen LogP contribution in [0.1, 0.15) is 44.1 Å². The number of nitrogens with zero attached hydrogens (tertiary/aromatic N) is 2. The molecule has 3 nitrogen and oxygen atoms in total. The molecule has 1 atom stereocenters. The van der Waals surface area contributed by atoms with Gasteiger partial charge in [-0.15, -0.1) is 0 Å². The fraction of sp³-hybridized carbons (Fsp3) is 0.438. The minimum absolute atomic E-state index is 0.323. The number of likely N-dealkylation sites (N-methyl/N-ethyl adjacent to an activating group) is 1. The van der Waals surface area contributed by atoms with Gasteiger partial charge in [0, 0.05) is 28.3 Å². The van der Waals surface area contributed by atoms with Crippen molar-refractivity contribution in [1.82, 2.24) is 15.1 Å². The fourth-order valence-corrected chi connectivity index (χ4v) is 3.04. The minimum atomic E-state index is 0.323. The Kier molecular flexibility index (Phi) is 5.60. The van der Waals surface area contributed by atoms with Crippen LogP contribution in [0.4, 0.5) is 0 Å². The summed E-state index contributed by atoms with van der Waals surface area (Å²) >= 11 is 2.41. The number of hydrogen-bond acceptors (Lipinski definition) is 2. The predicted molar refractivity (Wildman–Crippen MR) is 91.9 cm³/mol. The van der Waals surface area contributed by atoms with E-state index < -0.39 is 0 Å². The molecule has 0 spiro atoms. The normalized spacial score (nSPS) is 12.8. The van der Waals surface area contributed by atoms with Gasteiger partial charge < -0.3 is 5.32 Å². The van der Waals surface area contributed by atoms with E-state index in [-0.39, 0.29) is 0 Å². The van der Waals surface area contributed by atoms with E-state index >= 15 is 0 Å². The predicted octanol–water partition coefficient (Wildman–Crippen LogP) is 3.96. The maximum absolute atomic E-state index is 4.66. The molecule has 0 amide bonds. The molecule has 20 heavy (non-hydrogen) atoms. The molecule has 0 saturated carbocycles. The van der Waals surface area contributed by atoms with Gasteiger partial charge in [0.1, 0.15) is 0 Å². The van der Waals surface area contributed by atoms with Crippen LogP contribution in [0, 0.1) is 3.57 Å². The summed E-state index contributed by atoms with van der Waals surface area (Å²) in [5, 5.41) is 8.23. The Balaban J connectivity index is 2.19. The second-order valence-electron chi connectivity index (χ2n) is 5.22. The van der Waals surface area contributed by atoms with Gasteiger partial charge in [-0.3, -0.25) is 4.68 Å². The molecular formula is C16H22IN3. The van der Waals surface area contributed by atoms with Crippen LogP contribution in [0.2, 0.25) is 0 Å². The molecular weight excluding hydrogens is 361 g/mol. The topological polar surface area (TPSA) is 29.9 Å². The molecule has 0 bridgehead atoms. The van der Waals surface area contributed by atoms with Gasteiger partial charge in [0.15, 0.2) is 0 Å². The molecule has 0 aliphatic rings. The molecule has 0 radical (unpaired) electrons. The van der Waals surface area contributed by atoms with Crippen molar-refractivity contribution in [1.29, 1.82) is 0 Å². The molecule has 0 fully saturated rings. The smallest absolute Gasteiger partial charge is 0.0643 e. The minimum Gasteiger partial charge on any atom is -0.310 e. The molecule has 1 aromatic carbocycles. The molecule has 1 N–H and O–H groups in total. The van der Waals surface area contributed by atoms with Gasteiger partial charge in [0.2, 0.25) is 0 Å². The van der Waals surface area contributed by atoms with Crippen LogP contribution in [-0.2, 0) is 6.42 Å². The molecule has 0 aliphatic heterocycles. The first-order valence-electron chi connectivity index (χ1n) is 7.13. The van der Waals surface area contributed by atoms with Gasteiger partial charge in [0.25, 0.3) is 0 Å². The highest BCUT2D eigenvalue weighted by Gasteiger charge is 2.15. The zero-order chi connectivity index (χ0) is 14.5. The summed E-state index contributed by atoms with van der Waals surface area (Å²) in [6.07, 6.45) is 2.99. The van der Waals surface area contributed by atoms with Crippen molar-refractivity contribution in [2.75, 3.05) is 6.54 Å². The second-order valence-corrected chi connectivity index (χ2v) is 6.38. The molecule has 1 aromatic heterocycles. The quantitative estimate of drug-likeness (QED) is 0.766. The lowest BCUT2D eigenvalue weighted by atomic mass is 10.0. The lowest BCUT2D eigenvalue weighted by Crippen LogP contribution is -2.24. The van der Waals surface area contributed by atoms with Crippen molar-refractivity contribution >= 4 is 22.6 Å². The van der Waals surface area contributed by atoms with E-state index in [9.17, 15) is 0 Å². The summed E-state index contributed by atoms with van der Waals surface area (Å²) in [7, 11) is 0. The molecule has 4 heteroatoms. The molecule has 2 aromatic rings. The molecule has 2 rings (SSSR count). The molecule has 0 saturated heterocycles. The van der Waals surface area contributed by atoms with Crippen molar-refractivity contribution in [2.24, 2.45) is 0 Å². The Bertz CT molecular complexity index is 548. The van der Waals surface area contributed by atoms with Gasteiger partial charge in [-0.05, 0) is 60.7 Å². The van der Waals surface area contributed by atoms with Crippen LogP contribution in [0.3, 0.4) is 0 Å². The highest BCUT2D eigenvalue weighted by Crippen LogP contribution is 2.23. The average molecular weight is 383 g/mol. The van der Waals surface area contributed by atoms with Gasteiger partial charge in [-0.1, -0.05) is 25.1 Å². The van der Waals surface area contributed by atoms with Crippen molar-refractivity contribution in [3.8, 4) is 0 Å². The Morgan fingerprint density at radius 1 is 1.25 bits per heavy atom. The maximum Gasteiger partial charge on any atom is 0.0643 e. The largest absolute Gasteiger partial charge is 0.310 e. The summed E-state index contributed by atoms with van der Waals surface area (Å²) in [5.41, 5.74) is 2.50. The van der Waals surface area contributed by atoms with Crippen molar-refractivity contribution in [2.45, 2.75) is 39.3 Å². The van der Waals surface area contributed by atoms with Crippen LogP contribution in [0.15, 0.2) is 36.5 Å². The van der Waals surface area contributed by atoms with E-state index in [0.717, 1.165) is 18.7 Å². The molecule has 1 heterocycles. The first-order valence-corrected chi connectivity index (χ1v) is 8.21. The Labute approximate surface area is 134 Å². The Morgan fingerprint density at radius 3 is 2.60 bits per heavy atom. The number of halogens is 1. The van der Waals surface area contributed by atoms with Crippen LogP contribution in [-0.4, -0.2) is 16.3 Å². The highest BCUT2D eigenvalue weighted by molar-refractivity contribution is 14.1.